The molecule has 124 valence electrons. The van der Waals surface area contributed by atoms with E-state index < -0.39 is 5.92 Å². The Labute approximate surface area is 146 Å². The number of halogens is 1. The van der Waals surface area contributed by atoms with Gasteiger partial charge in [0.2, 0.25) is 0 Å². The molecule has 0 spiro atoms. The number of Topliss-reactive ketones (excluding diaryl/α,β-unsaturated/α-hetero) is 1. The van der Waals surface area contributed by atoms with E-state index in [4.69, 9.17) is 17.3 Å². The molecular formula is C18H19ClN4O. The van der Waals surface area contributed by atoms with E-state index in [-0.39, 0.29) is 5.78 Å². The molecule has 0 amide bonds. The van der Waals surface area contributed by atoms with Crippen LogP contribution in [0.2, 0.25) is 5.02 Å². The second-order valence-corrected chi connectivity index (χ2v) is 6.63. The zero-order chi connectivity index (χ0) is 17.4. The van der Waals surface area contributed by atoms with Crippen LogP contribution >= 0.6 is 11.6 Å². The number of nitrogens with two attached hydrogens (primary N) is 1. The van der Waals surface area contributed by atoms with Gasteiger partial charge < -0.3 is 5.73 Å². The molecule has 1 aliphatic carbocycles. The Bertz CT molecular complexity index is 803. The summed E-state index contributed by atoms with van der Waals surface area (Å²) in [5.41, 5.74) is 9.08. The molecule has 0 radical (unpaired) electrons. The van der Waals surface area contributed by atoms with E-state index in [1.165, 1.54) is 0 Å². The van der Waals surface area contributed by atoms with Crippen molar-refractivity contribution >= 4 is 17.4 Å². The molecule has 1 aromatic rings. The number of allylic oxidation sites excluding steroid dienone is 3. The predicted octanol–water partition coefficient (Wildman–Crippen LogP) is 2.92. The highest BCUT2D eigenvalue weighted by Crippen LogP contribution is 2.45. The minimum absolute atomic E-state index is 0.0772. The Morgan fingerprint density at radius 2 is 2.12 bits per heavy atom. The molecule has 0 saturated heterocycles. The molecule has 5 nitrogen and oxygen atoms in total. The van der Waals surface area contributed by atoms with Gasteiger partial charge in [0.05, 0.1) is 17.6 Å². The van der Waals surface area contributed by atoms with Gasteiger partial charge >= 0.3 is 0 Å². The van der Waals surface area contributed by atoms with E-state index in [9.17, 15) is 10.1 Å². The number of carbonyl (C=O) groups excluding carboxylic acids is 1. The maximum Gasteiger partial charge on any atom is 0.161 e. The van der Waals surface area contributed by atoms with Gasteiger partial charge in [0.15, 0.2) is 5.78 Å². The summed E-state index contributed by atoms with van der Waals surface area (Å²) >= 11 is 6.13. The van der Waals surface area contributed by atoms with Crippen molar-refractivity contribution in [2.75, 3.05) is 14.1 Å². The Morgan fingerprint density at radius 1 is 1.38 bits per heavy atom. The highest BCUT2D eigenvalue weighted by Gasteiger charge is 2.40. The van der Waals surface area contributed by atoms with Crippen molar-refractivity contribution in [1.29, 1.82) is 5.26 Å². The van der Waals surface area contributed by atoms with Gasteiger partial charge in [0.1, 0.15) is 5.82 Å². The molecule has 2 N–H and O–H groups in total. The first kappa shape index (κ1) is 16.6. The van der Waals surface area contributed by atoms with Crippen LogP contribution in [0, 0.1) is 11.3 Å². The Morgan fingerprint density at radius 3 is 2.75 bits per heavy atom. The summed E-state index contributed by atoms with van der Waals surface area (Å²) in [4.78, 5) is 12.7. The molecule has 0 saturated carbocycles. The number of hydrogen-bond acceptors (Lipinski definition) is 5. The van der Waals surface area contributed by atoms with Crippen molar-refractivity contribution in [3.8, 4) is 6.07 Å². The summed E-state index contributed by atoms with van der Waals surface area (Å²) in [6.07, 6.45) is 2.05. The molecule has 1 heterocycles. The van der Waals surface area contributed by atoms with E-state index >= 15 is 0 Å². The lowest BCUT2D eigenvalue weighted by molar-refractivity contribution is -0.116. The zero-order valence-electron chi connectivity index (χ0n) is 13.7. The minimum Gasteiger partial charge on any atom is -0.383 e. The van der Waals surface area contributed by atoms with Crippen LogP contribution in [0.3, 0.4) is 0 Å². The van der Waals surface area contributed by atoms with Gasteiger partial charge in [-0.15, -0.1) is 0 Å². The molecule has 24 heavy (non-hydrogen) atoms. The number of ketones is 1. The molecule has 0 aromatic heterocycles. The lowest BCUT2D eigenvalue weighted by atomic mass is 9.76. The number of rotatable bonds is 2. The Balaban J connectivity index is 2.27. The quantitative estimate of drug-likeness (QED) is 0.894. The molecule has 1 aromatic carbocycles. The molecule has 1 unspecified atom stereocenters. The van der Waals surface area contributed by atoms with Crippen LogP contribution in [-0.4, -0.2) is 29.9 Å². The van der Waals surface area contributed by atoms with Gasteiger partial charge in [0, 0.05) is 36.8 Å². The molecule has 3 rings (SSSR count). The first-order valence-corrected chi connectivity index (χ1v) is 8.22. The zero-order valence-corrected chi connectivity index (χ0v) is 14.5. The number of hydrogen-bond donors (Lipinski definition) is 1. The molecule has 1 aliphatic heterocycles. The average molecular weight is 343 g/mol. The predicted molar refractivity (Wildman–Crippen MR) is 92.4 cm³/mol. The Kier molecular flexibility index (Phi) is 4.35. The van der Waals surface area contributed by atoms with E-state index in [1.807, 2.05) is 31.2 Å². The Hall–Kier alpha value is -2.29. The maximum atomic E-state index is 12.7. The van der Waals surface area contributed by atoms with Gasteiger partial charge in [-0.3, -0.25) is 9.80 Å². The third-order valence-electron chi connectivity index (χ3n) is 4.47. The van der Waals surface area contributed by atoms with Crippen LogP contribution in [0.4, 0.5) is 0 Å². The van der Waals surface area contributed by atoms with Crippen molar-refractivity contribution in [1.82, 2.24) is 10.0 Å². The number of benzene rings is 1. The van der Waals surface area contributed by atoms with E-state index in [1.54, 1.807) is 17.1 Å². The fourth-order valence-corrected chi connectivity index (χ4v) is 3.74. The summed E-state index contributed by atoms with van der Waals surface area (Å²) in [5.74, 6) is 0.00181. The van der Waals surface area contributed by atoms with Crippen LogP contribution in [0.5, 0.6) is 0 Å². The van der Waals surface area contributed by atoms with Gasteiger partial charge in [0.25, 0.3) is 0 Å². The summed E-state index contributed by atoms with van der Waals surface area (Å²) in [6, 6.07) is 9.51. The maximum absolute atomic E-state index is 12.7. The largest absolute Gasteiger partial charge is 0.383 e. The lowest BCUT2D eigenvalue weighted by Crippen LogP contribution is -2.45. The first-order valence-electron chi connectivity index (χ1n) is 7.84. The number of nitriles is 1. The van der Waals surface area contributed by atoms with E-state index in [2.05, 4.69) is 6.07 Å². The normalized spacial score (nSPS) is 21.2. The third-order valence-corrected chi connectivity index (χ3v) is 4.70. The first-order chi connectivity index (χ1) is 11.5. The fraction of sp³-hybridized carbons (Fsp3) is 0.333. The van der Waals surface area contributed by atoms with Crippen LogP contribution < -0.4 is 5.73 Å². The smallest absolute Gasteiger partial charge is 0.161 e. The number of nitrogens with zero attached hydrogens (tertiary/aromatic N) is 3. The number of hydrazine groups is 1. The van der Waals surface area contributed by atoms with Crippen LogP contribution in [0.1, 0.15) is 30.7 Å². The van der Waals surface area contributed by atoms with Crippen molar-refractivity contribution in [2.45, 2.75) is 25.2 Å². The van der Waals surface area contributed by atoms with Crippen molar-refractivity contribution < 1.29 is 4.79 Å². The highest BCUT2D eigenvalue weighted by molar-refractivity contribution is 6.30. The summed E-state index contributed by atoms with van der Waals surface area (Å²) < 4.78 is 0. The number of carbonyl (C=O) groups is 1. The molecule has 2 aliphatic rings. The molecule has 1 atom stereocenters. The van der Waals surface area contributed by atoms with Crippen molar-refractivity contribution in [3.05, 3.63) is 57.5 Å². The van der Waals surface area contributed by atoms with Gasteiger partial charge in [-0.05, 0) is 30.5 Å². The van der Waals surface area contributed by atoms with Crippen LogP contribution in [0.25, 0.3) is 0 Å². The monoisotopic (exact) mass is 342 g/mol. The van der Waals surface area contributed by atoms with Gasteiger partial charge in [-0.1, -0.05) is 23.7 Å². The molecular weight excluding hydrogens is 324 g/mol. The van der Waals surface area contributed by atoms with Gasteiger partial charge in [-0.25, -0.2) is 5.01 Å². The lowest BCUT2D eigenvalue weighted by Gasteiger charge is -2.42. The second kappa shape index (κ2) is 6.31. The molecule has 6 heteroatoms. The summed E-state index contributed by atoms with van der Waals surface area (Å²) in [6.45, 7) is 0. The van der Waals surface area contributed by atoms with Crippen molar-refractivity contribution in [2.24, 2.45) is 5.73 Å². The van der Waals surface area contributed by atoms with E-state index in [0.29, 0.717) is 28.4 Å². The molecule has 0 bridgehead atoms. The SMILES string of the molecule is CN(C)N1C(N)=C(C#N)C(c2cccc(Cl)c2)C2=C1CCCC2=O. The highest BCUT2D eigenvalue weighted by atomic mass is 35.5. The molecule has 0 fully saturated rings. The van der Waals surface area contributed by atoms with Crippen LogP contribution in [-0.2, 0) is 4.79 Å². The topological polar surface area (TPSA) is 73.4 Å². The van der Waals surface area contributed by atoms with Crippen LogP contribution in [0.15, 0.2) is 46.9 Å². The van der Waals surface area contributed by atoms with Gasteiger partial charge in [-0.2, -0.15) is 5.26 Å². The summed E-state index contributed by atoms with van der Waals surface area (Å²) in [5, 5.41) is 13.9. The summed E-state index contributed by atoms with van der Waals surface area (Å²) in [7, 11) is 3.70. The third kappa shape index (κ3) is 2.58. The van der Waals surface area contributed by atoms with E-state index in [0.717, 1.165) is 24.1 Å². The standard InChI is InChI=1S/C18H19ClN4O/c1-22(2)23-14-7-4-8-15(24)17(14)16(13(10-20)18(23)21)11-5-3-6-12(19)9-11/h3,5-6,9,16H,4,7-8,21H2,1-2H3. The van der Waals surface area contributed by atoms with Crippen molar-refractivity contribution in [3.63, 3.8) is 0 Å². The fourth-order valence-electron chi connectivity index (χ4n) is 3.54. The second-order valence-electron chi connectivity index (χ2n) is 6.19. The minimum atomic E-state index is -0.451. The average Bonchev–Trinajstić information content (AvgIpc) is 2.53.